The Morgan fingerprint density at radius 2 is 0.537 bits per heavy atom. The summed E-state index contributed by atoms with van der Waals surface area (Å²) in [6.45, 7) is 0. The second kappa shape index (κ2) is 9.41. The fourth-order valence-corrected chi connectivity index (χ4v) is 6.81. The van der Waals surface area contributed by atoms with Gasteiger partial charge in [-0.2, -0.15) is 106 Å². The van der Waals surface area contributed by atoms with E-state index in [9.17, 15) is 0 Å². The van der Waals surface area contributed by atoms with E-state index in [2.05, 4.69) is 127 Å². The molecule has 3 aromatic heterocycles. The van der Waals surface area contributed by atoms with Gasteiger partial charge in [-0.3, -0.25) is 15.0 Å². The van der Waals surface area contributed by atoms with Crippen LogP contribution in [0, 0.1) is 18.2 Å². The van der Waals surface area contributed by atoms with Crippen molar-refractivity contribution in [2.75, 3.05) is 0 Å². The molecule has 0 fully saturated rings. The van der Waals surface area contributed by atoms with Gasteiger partial charge in [0, 0.05) is 34.8 Å². The average Bonchev–Trinajstić information content (AvgIpc) is 2.98. The topological polar surface area (TPSA) is 38.7 Å². The summed E-state index contributed by atoms with van der Waals surface area (Å²) in [5.74, 6) is -0.535. The molecule has 4 heteroatoms. The van der Waals surface area contributed by atoms with Crippen molar-refractivity contribution in [2.24, 2.45) is 0 Å². The molecule has 0 amide bonds. The van der Waals surface area contributed by atoms with E-state index in [1.54, 1.807) is 0 Å². The van der Waals surface area contributed by atoms with Crippen LogP contribution in [0.3, 0.4) is 0 Å². The van der Waals surface area contributed by atoms with Gasteiger partial charge >= 0.3 is 20.1 Å². The first-order chi connectivity index (χ1) is 19.8. The second-order valence-corrected chi connectivity index (χ2v) is 10.9. The first kappa shape index (κ1) is 24.5. The molecule has 0 radical (unpaired) electrons. The van der Waals surface area contributed by atoms with Crippen LogP contribution in [-0.4, -0.2) is 15.0 Å². The molecular weight excluding hydrogens is 679 g/mol. The molecule has 0 unspecified atom stereocenters. The molecule has 6 heterocycles. The summed E-state index contributed by atoms with van der Waals surface area (Å²) >= 11 is 0. The number of aromatic nitrogens is 3. The Kier molecular flexibility index (Phi) is 5.63. The summed E-state index contributed by atoms with van der Waals surface area (Å²) in [6.07, 6.45) is 0. The first-order valence-electron chi connectivity index (χ1n) is 13.8. The normalized spacial score (nSPS) is 20.5. The maximum Gasteiger partial charge on any atom is 3.00 e. The predicted molar refractivity (Wildman–Crippen MR) is 152 cm³/mol. The van der Waals surface area contributed by atoms with Crippen LogP contribution in [0.4, 0.5) is 0 Å². The van der Waals surface area contributed by atoms with Crippen LogP contribution in [-0.2, 0) is 20.1 Å². The Balaban J connectivity index is 0.00000256. The fourth-order valence-electron chi connectivity index (χ4n) is 6.81. The van der Waals surface area contributed by atoms with Gasteiger partial charge in [0.2, 0.25) is 0 Å². The third-order valence-corrected chi connectivity index (χ3v) is 8.54. The van der Waals surface area contributed by atoms with Crippen molar-refractivity contribution < 1.29 is 20.1 Å². The molecule has 6 aromatic rings. The van der Waals surface area contributed by atoms with Crippen LogP contribution in [0.5, 0.6) is 0 Å². The minimum atomic E-state index is -0.202. The molecule has 1 aliphatic carbocycles. The van der Waals surface area contributed by atoms with Gasteiger partial charge in [0.25, 0.3) is 0 Å². The van der Waals surface area contributed by atoms with Crippen LogP contribution < -0.4 is 0 Å². The van der Waals surface area contributed by atoms with E-state index in [4.69, 9.17) is 15.0 Å². The van der Waals surface area contributed by atoms with Crippen molar-refractivity contribution in [3.8, 4) is 0 Å². The Labute approximate surface area is 252 Å². The van der Waals surface area contributed by atoms with Crippen LogP contribution >= 0.6 is 0 Å². The Bertz CT molecular complexity index is 1480. The van der Waals surface area contributed by atoms with Gasteiger partial charge in [-0.25, -0.2) is 0 Å². The monoisotopic (exact) mass is 701 g/mol. The molecule has 3 nitrogen and oxygen atoms in total. The van der Waals surface area contributed by atoms with Crippen molar-refractivity contribution in [2.45, 2.75) is 23.7 Å². The minimum Gasteiger partial charge on any atom is -0.256 e. The second-order valence-electron chi connectivity index (χ2n) is 10.9. The minimum absolute atomic E-state index is 0. The van der Waals surface area contributed by atoms with E-state index in [0.717, 1.165) is 67.5 Å². The van der Waals surface area contributed by atoms with Gasteiger partial charge in [0.05, 0.1) is 23.0 Å². The third-order valence-electron chi connectivity index (χ3n) is 8.54. The Morgan fingerprint density at radius 1 is 0.317 bits per heavy atom. The molecule has 10 rings (SSSR count). The number of rotatable bonds is 0. The number of nitrogens with zero attached hydrogens (tertiary/aromatic N) is 3. The molecule has 16 bridgehead atoms. The SMILES string of the molecule is [Ir+3].[c-]1c2cccc1C1c3[c-]c(ccc3)C3c4[c-]c(ccc4)C2c2cccc(n2)C(c2cccc1n2)c1cccc3n1. The van der Waals surface area contributed by atoms with Crippen molar-refractivity contribution >= 4 is 0 Å². The smallest absolute Gasteiger partial charge is 0.256 e. The molecule has 3 aliphatic heterocycles. The predicted octanol–water partition coefficient (Wildman–Crippen LogP) is 6.93. The van der Waals surface area contributed by atoms with Crippen molar-refractivity contribution in [3.05, 3.63) is 195 Å². The average molecular weight is 701 g/mol. The molecule has 194 valence electrons. The summed E-state index contributed by atoms with van der Waals surface area (Å²) < 4.78 is 0. The van der Waals surface area contributed by atoms with Gasteiger partial charge in [-0.1, -0.05) is 18.2 Å². The molecule has 3 aromatic carbocycles. The zero-order valence-electron chi connectivity index (χ0n) is 21.9. The van der Waals surface area contributed by atoms with Crippen LogP contribution in [0.25, 0.3) is 0 Å². The molecule has 0 atom stereocenters. The summed E-state index contributed by atoms with van der Waals surface area (Å²) in [7, 11) is 0. The van der Waals surface area contributed by atoms with E-state index in [-0.39, 0.29) is 43.8 Å². The van der Waals surface area contributed by atoms with E-state index in [1.165, 1.54) is 0 Å². The standard InChI is InChI=1S/C37H22N3.Ir/c1-7-22-19-23(8-1)35-25-10-3-12-27(21-25)36-26-11-2-9-24(20-26)34(22)28-13-4-16-31(38-28)37(32-17-5-14-29(35)39-32)33-18-6-15-30(36)40-33;/h1-18,34-37H;/q-3;+3. The van der Waals surface area contributed by atoms with E-state index < -0.39 is 0 Å². The van der Waals surface area contributed by atoms with E-state index in [1.807, 2.05) is 0 Å². The molecule has 0 saturated heterocycles. The maximum absolute atomic E-state index is 5.35. The number of pyridine rings is 3. The molecule has 41 heavy (non-hydrogen) atoms. The number of benzene rings is 3. The zero-order chi connectivity index (χ0) is 26.2. The van der Waals surface area contributed by atoms with Gasteiger partial charge in [0.15, 0.2) is 0 Å². The Hall–Kier alpha value is -4.24. The number of hydrogen-bond donors (Lipinski definition) is 0. The van der Waals surface area contributed by atoms with E-state index >= 15 is 0 Å². The van der Waals surface area contributed by atoms with Crippen molar-refractivity contribution in [1.82, 2.24) is 15.0 Å². The quantitative estimate of drug-likeness (QED) is 0.161. The van der Waals surface area contributed by atoms with Gasteiger partial charge in [0.1, 0.15) is 0 Å². The largest absolute Gasteiger partial charge is 3.00 e. The van der Waals surface area contributed by atoms with Crippen LogP contribution in [0.1, 0.15) is 91.2 Å². The Morgan fingerprint density at radius 3 is 0.805 bits per heavy atom. The van der Waals surface area contributed by atoms with Gasteiger partial charge in [-0.05, 0) is 36.4 Å². The van der Waals surface area contributed by atoms with Crippen molar-refractivity contribution in [3.63, 3.8) is 0 Å². The molecular formula is C37H22IrN3. The third kappa shape index (κ3) is 3.79. The summed E-state index contributed by atoms with van der Waals surface area (Å²) in [5.41, 5.74) is 12.3. The van der Waals surface area contributed by atoms with E-state index in [0.29, 0.717) is 0 Å². The zero-order valence-corrected chi connectivity index (χ0v) is 24.3. The number of hydrogen-bond acceptors (Lipinski definition) is 3. The van der Waals surface area contributed by atoms with Crippen molar-refractivity contribution in [1.29, 1.82) is 0 Å². The molecule has 4 aliphatic rings. The summed E-state index contributed by atoms with van der Waals surface area (Å²) in [5, 5.41) is 0. The molecule has 0 spiro atoms. The molecule has 0 N–H and O–H groups in total. The van der Waals surface area contributed by atoms with Crippen LogP contribution in [0.15, 0.2) is 109 Å². The van der Waals surface area contributed by atoms with Crippen LogP contribution in [0.2, 0.25) is 0 Å². The van der Waals surface area contributed by atoms with Gasteiger partial charge < -0.3 is 0 Å². The maximum atomic E-state index is 5.35. The fraction of sp³-hybridized carbons (Fsp3) is 0.108. The summed E-state index contributed by atoms with van der Waals surface area (Å²) in [4.78, 5) is 16.0. The molecule has 0 saturated carbocycles. The van der Waals surface area contributed by atoms with Gasteiger partial charge in [-0.15, -0.1) is 0 Å². The first-order valence-corrected chi connectivity index (χ1v) is 13.8. The summed E-state index contributed by atoms with van der Waals surface area (Å²) in [6, 6.07) is 50.1.